The summed E-state index contributed by atoms with van der Waals surface area (Å²) >= 11 is 0. The van der Waals surface area contributed by atoms with Crippen molar-refractivity contribution in [3.8, 4) is 28.4 Å². The lowest BCUT2D eigenvalue weighted by Crippen LogP contribution is -2.22. The summed E-state index contributed by atoms with van der Waals surface area (Å²) in [6.07, 6.45) is -0.553. The van der Waals surface area contributed by atoms with Crippen LogP contribution in [0.1, 0.15) is 61.7 Å². The minimum absolute atomic E-state index is 0.0290. The summed E-state index contributed by atoms with van der Waals surface area (Å²) in [7, 11) is -1.29. The fourth-order valence-electron chi connectivity index (χ4n) is 6.38. The first-order valence-electron chi connectivity index (χ1n) is 19.2. The van der Waals surface area contributed by atoms with E-state index in [4.69, 9.17) is 31.1 Å². The Morgan fingerprint density at radius 1 is 1.10 bits per heavy atom. The second-order valence-corrected chi connectivity index (χ2v) is 19.4. The Labute approximate surface area is 290 Å². The molecular weight excluding hydrogens is 622 g/mol. The fourth-order valence-corrected chi connectivity index (χ4v) is 7.13. The Kier molecular flexibility index (Phi) is 7.86. The van der Waals surface area contributed by atoms with Crippen LogP contribution in [0.5, 0.6) is 5.75 Å². The van der Waals surface area contributed by atoms with Gasteiger partial charge in [0, 0.05) is 46.6 Å². The SMILES string of the molecule is [2H]C([2H])([2H])C([2H])([2H])c1cc(OCc2ccccc2)c(F)cc1-c1ccc2c(-c3nc4c(n3COCC[Si](C)(C)C)CNC4)nn(C3CCCCO3)c2c1. The van der Waals surface area contributed by atoms with E-state index in [9.17, 15) is 0 Å². The molecule has 7 rings (SSSR count). The maximum atomic E-state index is 15.9. The van der Waals surface area contributed by atoms with Crippen molar-refractivity contribution in [3.63, 3.8) is 0 Å². The Morgan fingerprint density at radius 2 is 1.98 bits per heavy atom. The molecule has 4 heterocycles. The molecule has 0 radical (unpaired) electrons. The molecule has 2 aliphatic rings. The number of hydrogen-bond donors (Lipinski definition) is 1. The Hall–Kier alpha value is -3.83. The Morgan fingerprint density at radius 3 is 2.77 bits per heavy atom. The molecule has 3 aromatic carbocycles. The van der Waals surface area contributed by atoms with Crippen LogP contribution in [0, 0.1) is 5.82 Å². The van der Waals surface area contributed by atoms with E-state index in [0.29, 0.717) is 55.6 Å². The van der Waals surface area contributed by atoms with Gasteiger partial charge in [-0.1, -0.05) is 62.9 Å². The van der Waals surface area contributed by atoms with E-state index in [0.717, 1.165) is 47.6 Å². The van der Waals surface area contributed by atoms with Gasteiger partial charge in [0.05, 0.1) is 16.9 Å². The Balaban J connectivity index is 1.34. The zero-order valence-corrected chi connectivity index (χ0v) is 28.8. The number of benzene rings is 3. The number of nitrogens with one attached hydrogen (secondary N) is 1. The van der Waals surface area contributed by atoms with Gasteiger partial charge in [-0.2, -0.15) is 5.10 Å². The topological polar surface area (TPSA) is 75.4 Å². The van der Waals surface area contributed by atoms with Crippen LogP contribution in [0.4, 0.5) is 4.39 Å². The average molecular weight is 673 g/mol. The van der Waals surface area contributed by atoms with Gasteiger partial charge in [-0.3, -0.25) is 0 Å². The summed E-state index contributed by atoms with van der Waals surface area (Å²) in [5.41, 5.74) is 4.47. The number of rotatable bonds is 12. The molecule has 1 fully saturated rings. The number of imidazole rings is 1. The van der Waals surface area contributed by atoms with Crippen molar-refractivity contribution >= 4 is 19.0 Å². The highest BCUT2D eigenvalue weighted by atomic mass is 28.3. The molecule has 252 valence electrons. The van der Waals surface area contributed by atoms with E-state index in [2.05, 4.69) is 29.5 Å². The van der Waals surface area contributed by atoms with Crippen LogP contribution >= 0.6 is 0 Å². The summed E-state index contributed by atoms with van der Waals surface area (Å²) < 4.78 is 80.0. The van der Waals surface area contributed by atoms with Gasteiger partial charge in [0.1, 0.15) is 19.0 Å². The summed E-state index contributed by atoms with van der Waals surface area (Å²) in [6.45, 7) is 6.83. The third-order valence-electron chi connectivity index (χ3n) is 9.06. The number of nitrogens with zero attached hydrogens (tertiary/aromatic N) is 4. The molecule has 1 saturated heterocycles. The fraction of sp³-hybridized carbons (Fsp3) is 0.421. The number of fused-ring (bicyclic) bond motifs is 2. The van der Waals surface area contributed by atoms with Crippen molar-refractivity contribution < 1.29 is 25.5 Å². The second-order valence-electron chi connectivity index (χ2n) is 13.8. The van der Waals surface area contributed by atoms with Crippen LogP contribution < -0.4 is 10.1 Å². The molecule has 1 atom stereocenters. The predicted octanol–water partition coefficient (Wildman–Crippen LogP) is 8.46. The second kappa shape index (κ2) is 14.0. The molecule has 0 saturated carbocycles. The van der Waals surface area contributed by atoms with Gasteiger partial charge in [-0.05, 0) is 78.2 Å². The van der Waals surface area contributed by atoms with Crippen molar-refractivity contribution in [2.24, 2.45) is 0 Å². The molecule has 10 heteroatoms. The molecule has 0 spiro atoms. The molecule has 2 aliphatic heterocycles. The average Bonchev–Trinajstić information content (AvgIpc) is 3.83. The van der Waals surface area contributed by atoms with Gasteiger partial charge >= 0.3 is 0 Å². The molecular formula is C38H46FN5O3Si. The normalized spacial score (nSPS) is 18.6. The maximum absolute atomic E-state index is 15.9. The highest BCUT2D eigenvalue weighted by Crippen LogP contribution is 2.38. The molecule has 8 nitrogen and oxygen atoms in total. The van der Waals surface area contributed by atoms with E-state index >= 15 is 4.39 Å². The quantitative estimate of drug-likeness (QED) is 0.106. The molecule has 0 aliphatic carbocycles. The lowest BCUT2D eigenvalue weighted by molar-refractivity contribution is -0.0365. The predicted molar refractivity (Wildman–Crippen MR) is 190 cm³/mol. The summed E-state index contributed by atoms with van der Waals surface area (Å²) in [5, 5.41) is 9.31. The van der Waals surface area contributed by atoms with Gasteiger partial charge in [0.2, 0.25) is 0 Å². The molecule has 0 amide bonds. The molecule has 2 aromatic heterocycles. The zero-order valence-electron chi connectivity index (χ0n) is 32.8. The zero-order chi connectivity index (χ0) is 37.5. The van der Waals surface area contributed by atoms with Crippen molar-refractivity contribution in [2.45, 2.75) is 90.8 Å². The number of ether oxygens (including phenoxy) is 3. The van der Waals surface area contributed by atoms with E-state index in [1.54, 1.807) is 6.07 Å². The summed E-state index contributed by atoms with van der Waals surface area (Å²) in [5.74, 6) is -0.279. The summed E-state index contributed by atoms with van der Waals surface area (Å²) in [6, 6.07) is 18.0. The van der Waals surface area contributed by atoms with Crippen LogP contribution in [0.2, 0.25) is 25.7 Å². The number of aromatic nitrogens is 4. The van der Waals surface area contributed by atoms with Gasteiger partial charge in [0.15, 0.2) is 23.6 Å². The summed E-state index contributed by atoms with van der Waals surface area (Å²) in [4.78, 5) is 5.05. The first kappa shape index (κ1) is 27.0. The molecule has 1 unspecified atom stereocenters. The standard InChI is InChI=1S/C38H46FN5O3Si/c1-5-27-20-35(47-24-26-11-7-6-8-12-26)31(39)21-30(27)28-14-15-29-33(19-28)44(36-13-9-10-16-46-36)42-37(29)38-41-32-22-40-23-34(32)43(38)25-45-17-18-48(2,3)4/h6-8,11-12,14-15,19-21,36,40H,5,9-10,13,16-18,22-25H2,1-4H3/i1D3,5D2. The van der Waals surface area contributed by atoms with Crippen LogP contribution in [-0.2, 0) is 42.3 Å². The number of aryl methyl sites for hydroxylation is 1. The van der Waals surface area contributed by atoms with Crippen LogP contribution in [0.15, 0.2) is 60.7 Å². The van der Waals surface area contributed by atoms with Crippen molar-refractivity contribution in [1.82, 2.24) is 24.6 Å². The molecule has 1 N–H and O–H groups in total. The van der Waals surface area contributed by atoms with Crippen molar-refractivity contribution in [3.05, 3.63) is 89.0 Å². The van der Waals surface area contributed by atoms with Gasteiger partial charge in [0.25, 0.3) is 0 Å². The smallest absolute Gasteiger partial charge is 0.165 e. The monoisotopic (exact) mass is 672 g/mol. The minimum Gasteiger partial charge on any atom is -0.486 e. The Bertz CT molecular complexity index is 2090. The van der Waals surface area contributed by atoms with Crippen molar-refractivity contribution in [2.75, 3.05) is 13.2 Å². The van der Waals surface area contributed by atoms with Gasteiger partial charge in [-0.25, -0.2) is 14.1 Å². The van der Waals surface area contributed by atoms with E-state index in [1.807, 2.05) is 47.1 Å². The minimum atomic E-state index is -3.05. The molecule has 48 heavy (non-hydrogen) atoms. The van der Waals surface area contributed by atoms with Crippen molar-refractivity contribution in [1.29, 1.82) is 0 Å². The van der Waals surface area contributed by atoms with E-state index < -0.39 is 27.1 Å². The molecule has 0 bridgehead atoms. The number of halogens is 1. The lowest BCUT2D eigenvalue weighted by atomic mass is 9.96. The molecule has 5 aromatic rings. The highest BCUT2D eigenvalue weighted by molar-refractivity contribution is 6.76. The number of hydrogen-bond acceptors (Lipinski definition) is 6. The van der Waals surface area contributed by atoms with Gasteiger partial charge < -0.3 is 24.1 Å². The van der Waals surface area contributed by atoms with Crippen LogP contribution in [0.3, 0.4) is 0 Å². The van der Waals surface area contributed by atoms with E-state index in [1.165, 1.54) is 12.1 Å². The first-order chi connectivity index (χ1) is 25.2. The highest BCUT2D eigenvalue weighted by Gasteiger charge is 2.28. The largest absolute Gasteiger partial charge is 0.486 e. The van der Waals surface area contributed by atoms with Crippen LogP contribution in [0.25, 0.3) is 33.5 Å². The lowest BCUT2D eigenvalue weighted by Gasteiger charge is -2.23. The van der Waals surface area contributed by atoms with Gasteiger partial charge in [-0.15, -0.1) is 0 Å². The maximum Gasteiger partial charge on any atom is 0.165 e. The third-order valence-corrected chi connectivity index (χ3v) is 10.8. The third kappa shape index (κ3) is 6.85. The van der Waals surface area contributed by atoms with Crippen LogP contribution in [-0.4, -0.2) is 40.6 Å². The first-order valence-corrected chi connectivity index (χ1v) is 20.4. The van der Waals surface area contributed by atoms with E-state index in [-0.39, 0.29) is 29.7 Å².